The summed E-state index contributed by atoms with van der Waals surface area (Å²) in [6.07, 6.45) is -4.26. The third-order valence-corrected chi connectivity index (χ3v) is 11.2. The van der Waals surface area contributed by atoms with Crippen LogP contribution < -0.4 is 11.1 Å². The predicted octanol–water partition coefficient (Wildman–Crippen LogP) is 6.48. The van der Waals surface area contributed by atoms with Gasteiger partial charge in [0.2, 0.25) is 0 Å². The number of hydrogen-bond acceptors (Lipinski definition) is 5. The van der Waals surface area contributed by atoms with Crippen LogP contribution >= 0.6 is 0 Å². The van der Waals surface area contributed by atoms with E-state index in [0.717, 1.165) is 32.0 Å². The topological polar surface area (TPSA) is 116 Å². The Kier molecular flexibility index (Phi) is 9.87. The minimum Gasteiger partial charge on any atom is -0.481 e. The number of aliphatic carboxylic acids is 2. The number of carboxylic acids is 2. The first kappa shape index (κ1) is 34.6. The summed E-state index contributed by atoms with van der Waals surface area (Å²) >= 11 is 0. The molecule has 3 aromatic carbocycles. The van der Waals surface area contributed by atoms with E-state index in [0.29, 0.717) is 13.0 Å². The number of halogens is 3. The number of nitrogens with two attached hydrogens (primary N) is 1. The van der Waals surface area contributed by atoms with Crippen molar-refractivity contribution >= 4 is 11.9 Å². The quantitative estimate of drug-likeness (QED) is 0.198. The molecule has 7 nitrogen and oxygen atoms in total. The first-order valence-electron chi connectivity index (χ1n) is 16.3. The van der Waals surface area contributed by atoms with Gasteiger partial charge in [0.25, 0.3) is 0 Å². The highest BCUT2D eigenvalue weighted by molar-refractivity contribution is 5.84. The van der Waals surface area contributed by atoms with Crippen LogP contribution in [0, 0.1) is 10.8 Å². The lowest BCUT2D eigenvalue weighted by atomic mass is 9.50. The zero-order valence-corrected chi connectivity index (χ0v) is 26.8. The van der Waals surface area contributed by atoms with Gasteiger partial charge in [0.05, 0.1) is 17.1 Å². The van der Waals surface area contributed by atoms with Gasteiger partial charge in [-0.15, -0.1) is 0 Å². The van der Waals surface area contributed by atoms with Crippen LogP contribution in [-0.4, -0.2) is 58.9 Å². The molecule has 0 bridgehead atoms. The molecule has 0 aromatic heterocycles. The molecule has 5 atom stereocenters. The summed E-state index contributed by atoms with van der Waals surface area (Å²) in [6, 6.07) is 24.6. The van der Waals surface area contributed by atoms with Crippen molar-refractivity contribution < 1.29 is 33.0 Å². The van der Waals surface area contributed by atoms with Crippen molar-refractivity contribution in [2.45, 2.75) is 75.7 Å². The van der Waals surface area contributed by atoms with Crippen LogP contribution in [-0.2, 0) is 21.2 Å². The lowest BCUT2D eigenvalue weighted by Crippen LogP contribution is -2.72. The van der Waals surface area contributed by atoms with Crippen LogP contribution in [0.25, 0.3) is 0 Å². The minimum atomic E-state index is -4.82. The molecular formula is C37H44F3N3O4. The molecule has 252 valence electrons. The number of hydrogen-bond donors (Lipinski definition) is 4. The van der Waals surface area contributed by atoms with Crippen molar-refractivity contribution in [2.24, 2.45) is 16.6 Å². The van der Waals surface area contributed by atoms with Gasteiger partial charge in [-0.25, -0.2) is 0 Å². The van der Waals surface area contributed by atoms with Gasteiger partial charge in [-0.2, -0.15) is 13.2 Å². The van der Waals surface area contributed by atoms with E-state index >= 15 is 0 Å². The Morgan fingerprint density at radius 3 is 1.87 bits per heavy atom. The number of rotatable bonds is 10. The van der Waals surface area contributed by atoms with E-state index in [9.17, 15) is 33.0 Å². The second-order valence-corrected chi connectivity index (χ2v) is 13.2. The van der Waals surface area contributed by atoms with Crippen molar-refractivity contribution in [1.29, 1.82) is 0 Å². The van der Waals surface area contributed by atoms with Crippen molar-refractivity contribution in [1.82, 2.24) is 10.2 Å². The smallest absolute Gasteiger partial charge is 0.416 e. The fraction of sp³-hybridized carbons (Fsp3) is 0.459. The molecule has 2 saturated heterocycles. The third kappa shape index (κ3) is 5.96. The summed E-state index contributed by atoms with van der Waals surface area (Å²) in [4.78, 5) is 28.8. The Bertz CT molecular complexity index is 1500. The monoisotopic (exact) mass is 651 g/mol. The molecule has 0 aliphatic carbocycles. The van der Waals surface area contributed by atoms with Crippen LogP contribution in [0.15, 0.2) is 84.9 Å². The van der Waals surface area contributed by atoms with Crippen molar-refractivity contribution in [3.05, 3.63) is 107 Å². The summed E-state index contributed by atoms with van der Waals surface area (Å²) in [6.45, 7) is 5.15. The number of likely N-dealkylation sites (tertiary alicyclic amines) is 1. The van der Waals surface area contributed by atoms with E-state index in [1.165, 1.54) is 29.3 Å². The molecule has 2 heterocycles. The third-order valence-electron chi connectivity index (χ3n) is 11.2. The average molecular weight is 652 g/mol. The molecular weight excluding hydrogens is 607 g/mol. The van der Waals surface area contributed by atoms with Gasteiger partial charge in [-0.05, 0) is 81.4 Å². The summed E-state index contributed by atoms with van der Waals surface area (Å²) in [7, 11) is 0. The van der Waals surface area contributed by atoms with Crippen molar-refractivity contribution in [3.8, 4) is 0 Å². The average Bonchev–Trinajstić information content (AvgIpc) is 3.06. The second kappa shape index (κ2) is 13.4. The van der Waals surface area contributed by atoms with Gasteiger partial charge >= 0.3 is 18.1 Å². The summed E-state index contributed by atoms with van der Waals surface area (Å²) in [5.41, 5.74) is 3.44. The first-order valence-corrected chi connectivity index (χ1v) is 16.3. The maximum atomic E-state index is 14.5. The van der Waals surface area contributed by atoms with E-state index in [1.54, 1.807) is 13.8 Å². The van der Waals surface area contributed by atoms with Gasteiger partial charge < -0.3 is 20.8 Å². The minimum absolute atomic E-state index is 0.0336. The zero-order chi connectivity index (χ0) is 34.0. The van der Waals surface area contributed by atoms with E-state index < -0.39 is 52.6 Å². The molecule has 10 heteroatoms. The Morgan fingerprint density at radius 1 is 0.872 bits per heavy atom. The van der Waals surface area contributed by atoms with Gasteiger partial charge in [-0.1, -0.05) is 85.8 Å². The molecule has 4 unspecified atom stereocenters. The maximum absolute atomic E-state index is 14.5. The number of carbonyl (C=O) groups is 2. The molecule has 2 fully saturated rings. The molecule has 2 aliphatic heterocycles. The molecule has 5 N–H and O–H groups in total. The van der Waals surface area contributed by atoms with Gasteiger partial charge in [0, 0.05) is 17.4 Å². The molecule has 0 saturated carbocycles. The molecule has 0 spiro atoms. The van der Waals surface area contributed by atoms with Crippen LogP contribution in [0.3, 0.4) is 0 Å². The van der Waals surface area contributed by atoms with E-state index in [2.05, 4.69) is 34.5 Å². The molecule has 5 rings (SSSR count). The Labute approximate surface area is 274 Å². The van der Waals surface area contributed by atoms with E-state index in [1.807, 2.05) is 36.4 Å². The number of piperidine rings is 2. The Morgan fingerprint density at radius 2 is 1.38 bits per heavy atom. The summed E-state index contributed by atoms with van der Waals surface area (Å²) in [5.74, 6) is -4.31. The standard InChI is InChI=1S/C37H44F3N3O4/c1-3-35(32(44)45)30(28-17-10-11-18-29(28)37(38,39)40)36(33(46)47,25(2)42-31(35)41)19-12-22-43-23-20-34(21-24-43,26-13-6-4-7-14-26)27-15-8-5-9-16-27/h4-11,13-18,25,30-31,42H,3,12,19-24,41H2,1-2H3,(H,44,45)(H,46,47)/t25?,30?,31-,35?,36?/m1/s1. The van der Waals surface area contributed by atoms with Gasteiger partial charge in [0.1, 0.15) is 5.41 Å². The highest BCUT2D eigenvalue weighted by Crippen LogP contribution is 2.59. The summed E-state index contributed by atoms with van der Waals surface area (Å²) in [5, 5.41) is 24.6. The molecule has 2 aliphatic rings. The van der Waals surface area contributed by atoms with Gasteiger partial charge in [-0.3, -0.25) is 14.9 Å². The molecule has 0 radical (unpaired) electrons. The highest BCUT2D eigenvalue weighted by atomic mass is 19.4. The first-order chi connectivity index (χ1) is 22.3. The van der Waals surface area contributed by atoms with Crippen LogP contribution in [0.4, 0.5) is 13.2 Å². The molecule has 47 heavy (non-hydrogen) atoms. The lowest BCUT2D eigenvalue weighted by molar-refractivity contribution is -0.175. The fourth-order valence-corrected chi connectivity index (χ4v) is 8.64. The predicted molar refractivity (Wildman–Crippen MR) is 174 cm³/mol. The second-order valence-electron chi connectivity index (χ2n) is 13.2. The SMILES string of the molecule is CCC1(C(=O)O)C(c2ccccc2C(F)(F)F)C(CCCN2CCC(c3ccccc3)(c3ccccc3)CC2)(C(=O)O)C(C)N[C@H]1N. The number of nitrogens with one attached hydrogen (secondary N) is 1. The Hall–Kier alpha value is -3.73. The highest BCUT2D eigenvalue weighted by Gasteiger charge is 2.67. The van der Waals surface area contributed by atoms with E-state index in [-0.39, 0.29) is 23.8 Å². The molecule has 3 aromatic rings. The Balaban J connectivity index is 1.46. The maximum Gasteiger partial charge on any atom is 0.416 e. The fourth-order valence-electron chi connectivity index (χ4n) is 8.64. The zero-order valence-electron chi connectivity index (χ0n) is 26.8. The lowest BCUT2D eigenvalue weighted by Gasteiger charge is -2.57. The number of benzene rings is 3. The van der Waals surface area contributed by atoms with Crippen LogP contribution in [0.1, 0.15) is 74.1 Å². The number of nitrogens with zero attached hydrogens (tertiary/aromatic N) is 1. The normalized spacial score (nSPS) is 28.1. The largest absolute Gasteiger partial charge is 0.481 e. The van der Waals surface area contributed by atoms with Crippen LogP contribution in [0.5, 0.6) is 0 Å². The van der Waals surface area contributed by atoms with Crippen LogP contribution in [0.2, 0.25) is 0 Å². The molecule has 0 amide bonds. The van der Waals surface area contributed by atoms with E-state index in [4.69, 9.17) is 5.73 Å². The number of carboxylic acid groups (broad SMARTS) is 2. The number of alkyl halides is 3. The summed E-state index contributed by atoms with van der Waals surface area (Å²) < 4.78 is 43.4. The van der Waals surface area contributed by atoms with Crippen molar-refractivity contribution in [3.63, 3.8) is 0 Å². The van der Waals surface area contributed by atoms with Gasteiger partial charge in [0.15, 0.2) is 0 Å². The van der Waals surface area contributed by atoms with Crippen molar-refractivity contribution in [2.75, 3.05) is 19.6 Å².